The second kappa shape index (κ2) is 61.9. The Hall–Kier alpha value is -1.66. The van der Waals surface area contributed by atoms with E-state index in [9.17, 15) is 19.8 Å². The van der Waals surface area contributed by atoms with E-state index in [-0.39, 0.29) is 18.5 Å². The number of hydrogen-bond donors (Lipinski definition) is 3. The van der Waals surface area contributed by atoms with Gasteiger partial charge in [-0.3, -0.25) is 9.59 Å². The average molecular weight is 1010 g/mol. The van der Waals surface area contributed by atoms with E-state index in [2.05, 4.69) is 43.5 Å². The Kier molecular flexibility index (Phi) is 60.5. The summed E-state index contributed by atoms with van der Waals surface area (Å²) < 4.78 is 5.49. The SMILES string of the molecule is CCCCCC/C=C\C/C=C\CCCCCCCC(=O)OCCCCCCCCCCCCCCCCCCCCCCCCCCCCCCCCC(=O)NC(CO)C(O)CCCCCCCCCCC. The second-order valence-corrected chi connectivity index (χ2v) is 22.5. The van der Waals surface area contributed by atoms with E-state index in [0.29, 0.717) is 25.9 Å². The van der Waals surface area contributed by atoms with Gasteiger partial charge in [0.25, 0.3) is 0 Å². The quantitative estimate of drug-likeness (QED) is 0.0320. The number of carbonyl (C=O) groups is 2. The van der Waals surface area contributed by atoms with E-state index in [4.69, 9.17) is 4.74 Å². The highest BCUT2D eigenvalue weighted by Gasteiger charge is 2.20. The maximum Gasteiger partial charge on any atom is 0.305 e. The molecule has 0 saturated heterocycles. The zero-order valence-corrected chi connectivity index (χ0v) is 48.7. The summed E-state index contributed by atoms with van der Waals surface area (Å²) in [6.45, 7) is 4.93. The fourth-order valence-corrected chi connectivity index (χ4v) is 10.3. The largest absolute Gasteiger partial charge is 0.466 e. The van der Waals surface area contributed by atoms with Crippen molar-refractivity contribution in [2.45, 2.75) is 373 Å². The number of amides is 1. The molecule has 0 radical (unpaired) electrons. The second-order valence-electron chi connectivity index (χ2n) is 22.5. The minimum Gasteiger partial charge on any atom is -0.466 e. The summed E-state index contributed by atoms with van der Waals surface area (Å²) in [5.41, 5.74) is 0. The number of unbranched alkanes of at least 4 members (excludes halogenated alkanes) is 46. The van der Waals surface area contributed by atoms with Gasteiger partial charge in [-0.25, -0.2) is 0 Å². The smallest absolute Gasteiger partial charge is 0.305 e. The van der Waals surface area contributed by atoms with E-state index in [1.165, 1.54) is 276 Å². The van der Waals surface area contributed by atoms with Crippen LogP contribution in [0.1, 0.15) is 361 Å². The van der Waals surface area contributed by atoms with Crippen LogP contribution in [0.3, 0.4) is 0 Å². The van der Waals surface area contributed by atoms with Crippen molar-refractivity contribution in [3.63, 3.8) is 0 Å². The molecular weight excluding hydrogens is 887 g/mol. The molecule has 72 heavy (non-hydrogen) atoms. The van der Waals surface area contributed by atoms with Crippen molar-refractivity contribution in [2.24, 2.45) is 0 Å². The molecule has 0 aromatic carbocycles. The molecule has 0 aliphatic heterocycles. The lowest BCUT2D eigenvalue weighted by Gasteiger charge is -2.22. The van der Waals surface area contributed by atoms with Gasteiger partial charge in [0.1, 0.15) is 0 Å². The maximum absolute atomic E-state index is 12.4. The van der Waals surface area contributed by atoms with Crippen molar-refractivity contribution < 1.29 is 24.5 Å². The van der Waals surface area contributed by atoms with E-state index in [1.807, 2.05) is 0 Å². The Morgan fingerprint density at radius 1 is 0.389 bits per heavy atom. The van der Waals surface area contributed by atoms with Crippen molar-refractivity contribution in [1.82, 2.24) is 5.32 Å². The molecule has 0 saturated carbocycles. The molecule has 0 aliphatic rings. The molecule has 0 rings (SSSR count). The summed E-state index contributed by atoms with van der Waals surface area (Å²) in [6, 6.07) is -0.536. The first kappa shape index (κ1) is 70.3. The number of rotatable bonds is 61. The normalized spacial score (nSPS) is 12.7. The van der Waals surface area contributed by atoms with Crippen molar-refractivity contribution >= 4 is 11.9 Å². The third kappa shape index (κ3) is 57.6. The number of aliphatic hydroxyl groups excluding tert-OH is 2. The number of nitrogens with one attached hydrogen (secondary N) is 1. The highest BCUT2D eigenvalue weighted by molar-refractivity contribution is 5.76. The molecule has 0 heterocycles. The molecule has 6 nitrogen and oxygen atoms in total. The third-order valence-electron chi connectivity index (χ3n) is 15.3. The molecule has 2 unspecified atom stereocenters. The number of allylic oxidation sites excluding steroid dienone is 4. The number of esters is 1. The number of aliphatic hydroxyl groups is 2. The van der Waals surface area contributed by atoms with Crippen molar-refractivity contribution in [3.8, 4) is 0 Å². The average Bonchev–Trinajstić information content (AvgIpc) is 3.38. The van der Waals surface area contributed by atoms with Crippen LogP contribution in [0.5, 0.6) is 0 Å². The first-order valence-corrected chi connectivity index (χ1v) is 32.6. The van der Waals surface area contributed by atoms with Gasteiger partial charge in [-0.05, 0) is 57.8 Å². The van der Waals surface area contributed by atoms with Crippen LogP contribution < -0.4 is 5.32 Å². The predicted molar refractivity (Wildman–Crippen MR) is 315 cm³/mol. The summed E-state index contributed by atoms with van der Waals surface area (Å²) in [5, 5.41) is 23.1. The molecule has 426 valence electrons. The number of carbonyl (C=O) groups excluding carboxylic acids is 2. The Balaban J connectivity index is 3.30. The van der Waals surface area contributed by atoms with Crippen LogP contribution in [-0.2, 0) is 14.3 Å². The van der Waals surface area contributed by atoms with E-state index in [0.717, 1.165) is 51.4 Å². The minimum atomic E-state index is -0.659. The molecular formula is C66H127NO5. The lowest BCUT2D eigenvalue weighted by molar-refractivity contribution is -0.143. The summed E-state index contributed by atoms with van der Waals surface area (Å²) in [4.78, 5) is 24.5. The lowest BCUT2D eigenvalue weighted by Crippen LogP contribution is -2.45. The van der Waals surface area contributed by atoms with Crippen LogP contribution in [0.25, 0.3) is 0 Å². The molecule has 1 amide bonds. The molecule has 0 fully saturated rings. The molecule has 0 aliphatic carbocycles. The van der Waals surface area contributed by atoms with Crippen molar-refractivity contribution in [2.75, 3.05) is 13.2 Å². The number of hydrogen-bond acceptors (Lipinski definition) is 5. The molecule has 6 heteroatoms. The molecule has 2 atom stereocenters. The fourth-order valence-electron chi connectivity index (χ4n) is 10.3. The van der Waals surface area contributed by atoms with E-state index in [1.54, 1.807) is 0 Å². The zero-order valence-electron chi connectivity index (χ0n) is 48.7. The van der Waals surface area contributed by atoms with Crippen molar-refractivity contribution in [3.05, 3.63) is 24.3 Å². The first-order chi connectivity index (χ1) is 35.5. The highest BCUT2D eigenvalue weighted by atomic mass is 16.5. The molecule has 0 spiro atoms. The number of ether oxygens (including phenoxy) is 1. The van der Waals surface area contributed by atoms with Crippen LogP contribution >= 0.6 is 0 Å². The van der Waals surface area contributed by atoms with Crippen LogP contribution in [0.15, 0.2) is 24.3 Å². The first-order valence-electron chi connectivity index (χ1n) is 32.6. The third-order valence-corrected chi connectivity index (χ3v) is 15.3. The molecule has 3 N–H and O–H groups in total. The van der Waals surface area contributed by atoms with Gasteiger partial charge in [0, 0.05) is 12.8 Å². The van der Waals surface area contributed by atoms with Crippen LogP contribution in [0.2, 0.25) is 0 Å². The van der Waals surface area contributed by atoms with E-state index >= 15 is 0 Å². The monoisotopic (exact) mass is 1010 g/mol. The highest BCUT2D eigenvalue weighted by Crippen LogP contribution is 2.18. The van der Waals surface area contributed by atoms with Crippen LogP contribution in [-0.4, -0.2) is 47.4 Å². The van der Waals surface area contributed by atoms with E-state index < -0.39 is 12.1 Å². The van der Waals surface area contributed by atoms with Gasteiger partial charge in [0.05, 0.1) is 25.4 Å². The van der Waals surface area contributed by atoms with Gasteiger partial charge in [0.2, 0.25) is 5.91 Å². The predicted octanol–water partition coefficient (Wildman–Crippen LogP) is 20.6. The van der Waals surface area contributed by atoms with Gasteiger partial charge in [-0.15, -0.1) is 0 Å². The summed E-state index contributed by atoms with van der Waals surface area (Å²) >= 11 is 0. The Morgan fingerprint density at radius 3 is 1.07 bits per heavy atom. The molecule has 0 aromatic heterocycles. The van der Waals surface area contributed by atoms with Crippen LogP contribution in [0, 0.1) is 0 Å². The van der Waals surface area contributed by atoms with Gasteiger partial charge >= 0.3 is 5.97 Å². The minimum absolute atomic E-state index is 0.00683. The summed E-state index contributed by atoms with van der Waals surface area (Å²) in [6.07, 6.45) is 76.5. The standard InChI is InChI=1S/C66H127NO5/c1-3-5-7-9-11-13-14-15-16-34-37-40-44-48-52-56-60-66(71)72-61-57-53-49-45-41-38-35-32-30-28-26-24-22-20-18-17-19-21-23-25-27-29-31-33-36-39-43-47-51-55-59-65(70)67-63(62-68)64(69)58-54-50-46-42-12-10-8-6-4-2/h13-14,16,34,63-64,68-69H,3-12,15,17-33,35-62H2,1-2H3,(H,67,70)/b14-13-,34-16-. The topological polar surface area (TPSA) is 95.9 Å². The van der Waals surface area contributed by atoms with Gasteiger partial charge < -0.3 is 20.3 Å². The fraction of sp³-hybridized carbons (Fsp3) is 0.909. The Bertz CT molecular complexity index is 1120. The zero-order chi connectivity index (χ0) is 52.2. The molecule has 0 aromatic rings. The maximum atomic E-state index is 12.4. The van der Waals surface area contributed by atoms with Gasteiger partial charge in [-0.2, -0.15) is 0 Å². The van der Waals surface area contributed by atoms with Crippen LogP contribution in [0.4, 0.5) is 0 Å². The van der Waals surface area contributed by atoms with Crippen molar-refractivity contribution in [1.29, 1.82) is 0 Å². The summed E-state index contributed by atoms with van der Waals surface area (Å²) in [7, 11) is 0. The lowest BCUT2D eigenvalue weighted by atomic mass is 10.0. The Morgan fingerprint density at radius 2 is 0.694 bits per heavy atom. The van der Waals surface area contributed by atoms with Gasteiger partial charge in [-0.1, -0.05) is 314 Å². The Labute approximate surface area is 450 Å². The summed E-state index contributed by atoms with van der Waals surface area (Å²) in [5.74, 6) is -0.0254. The van der Waals surface area contributed by atoms with Gasteiger partial charge in [0.15, 0.2) is 0 Å². The molecule has 0 bridgehead atoms.